The van der Waals surface area contributed by atoms with Gasteiger partial charge in [-0.1, -0.05) is 6.92 Å². The molecule has 90 valence electrons. The van der Waals surface area contributed by atoms with Gasteiger partial charge in [0.15, 0.2) is 0 Å². The van der Waals surface area contributed by atoms with Crippen molar-refractivity contribution >= 4 is 5.82 Å². The normalized spacial score (nSPS) is 25.4. The number of rotatable bonds is 2. The third-order valence-electron chi connectivity index (χ3n) is 3.57. The lowest BCUT2D eigenvalue weighted by molar-refractivity contribution is 0.624. The highest BCUT2D eigenvalue weighted by Gasteiger charge is 2.30. The summed E-state index contributed by atoms with van der Waals surface area (Å²) in [5.41, 5.74) is 8.09. The van der Waals surface area contributed by atoms with E-state index in [-0.39, 0.29) is 0 Å². The lowest BCUT2D eigenvalue weighted by Crippen LogP contribution is -2.30. The first kappa shape index (κ1) is 11.5. The van der Waals surface area contributed by atoms with Gasteiger partial charge >= 0.3 is 0 Å². The Bertz CT molecular complexity index is 383. The van der Waals surface area contributed by atoms with Gasteiger partial charge < -0.3 is 10.6 Å². The van der Waals surface area contributed by atoms with Crippen molar-refractivity contribution in [3.63, 3.8) is 0 Å². The lowest BCUT2D eigenvalue weighted by Gasteiger charge is -2.25. The van der Waals surface area contributed by atoms with E-state index in [2.05, 4.69) is 23.8 Å². The first-order valence-corrected chi connectivity index (χ1v) is 6.03. The minimum Gasteiger partial charge on any atom is -0.354 e. The van der Waals surface area contributed by atoms with Crippen LogP contribution < -0.4 is 10.6 Å². The molecule has 0 saturated carbocycles. The summed E-state index contributed by atoms with van der Waals surface area (Å²) in [7, 11) is 2.01. The zero-order valence-corrected chi connectivity index (χ0v) is 10.7. The van der Waals surface area contributed by atoms with Crippen LogP contribution in [0.15, 0.2) is 0 Å². The van der Waals surface area contributed by atoms with E-state index >= 15 is 0 Å². The summed E-state index contributed by atoms with van der Waals surface area (Å²) in [5.74, 6) is 1.98. The quantitative estimate of drug-likeness (QED) is 0.823. The smallest absolute Gasteiger partial charge is 0.131 e. The van der Waals surface area contributed by atoms with Crippen LogP contribution in [0.3, 0.4) is 0 Å². The second-order valence-electron chi connectivity index (χ2n) is 5.06. The number of nitrogens with two attached hydrogens (primary N) is 1. The summed E-state index contributed by atoms with van der Waals surface area (Å²) >= 11 is 0. The lowest BCUT2D eigenvalue weighted by atomic mass is 10.1. The fourth-order valence-electron chi connectivity index (χ4n) is 2.88. The molecule has 0 aliphatic carbocycles. The van der Waals surface area contributed by atoms with Crippen LogP contribution in [-0.2, 0) is 13.6 Å². The number of anilines is 1. The molecule has 2 N–H and O–H groups in total. The standard InChI is InChI=1S/C12H22N4/c1-8-5-9(2)16(7-8)12-11(6-13)10(3)14-15(12)4/h8-9H,5-7,13H2,1-4H3. The first-order valence-electron chi connectivity index (χ1n) is 6.03. The van der Waals surface area contributed by atoms with Crippen LogP contribution in [0.4, 0.5) is 5.82 Å². The molecular formula is C12H22N4. The molecule has 2 rings (SSSR count). The number of aromatic nitrogens is 2. The highest BCUT2D eigenvalue weighted by atomic mass is 15.4. The number of aryl methyl sites for hydroxylation is 2. The third-order valence-corrected chi connectivity index (χ3v) is 3.57. The van der Waals surface area contributed by atoms with Crippen LogP contribution in [0.1, 0.15) is 31.5 Å². The van der Waals surface area contributed by atoms with E-state index in [1.807, 2.05) is 18.7 Å². The molecule has 0 radical (unpaired) electrons. The van der Waals surface area contributed by atoms with Crippen LogP contribution in [0.25, 0.3) is 0 Å². The number of hydrogen-bond donors (Lipinski definition) is 1. The Morgan fingerprint density at radius 3 is 2.62 bits per heavy atom. The average molecular weight is 222 g/mol. The van der Waals surface area contributed by atoms with Gasteiger partial charge in [-0.15, -0.1) is 0 Å². The molecule has 1 fully saturated rings. The minimum atomic E-state index is 0.576. The predicted octanol–water partition coefficient (Wildman–Crippen LogP) is 1.42. The van der Waals surface area contributed by atoms with E-state index < -0.39 is 0 Å². The molecule has 1 aromatic rings. The number of hydrogen-bond acceptors (Lipinski definition) is 3. The Morgan fingerprint density at radius 2 is 2.12 bits per heavy atom. The molecule has 4 heteroatoms. The summed E-state index contributed by atoms with van der Waals surface area (Å²) in [4.78, 5) is 2.45. The van der Waals surface area contributed by atoms with Crippen molar-refractivity contribution in [2.45, 2.75) is 39.8 Å². The topological polar surface area (TPSA) is 47.1 Å². The van der Waals surface area contributed by atoms with Crippen molar-refractivity contribution in [2.75, 3.05) is 11.4 Å². The van der Waals surface area contributed by atoms with E-state index in [0.29, 0.717) is 12.6 Å². The van der Waals surface area contributed by atoms with E-state index in [4.69, 9.17) is 5.73 Å². The van der Waals surface area contributed by atoms with Crippen LogP contribution in [0.5, 0.6) is 0 Å². The van der Waals surface area contributed by atoms with E-state index in [0.717, 1.165) is 18.2 Å². The Labute approximate surface area is 97.4 Å². The van der Waals surface area contributed by atoms with Crippen molar-refractivity contribution in [3.05, 3.63) is 11.3 Å². The van der Waals surface area contributed by atoms with Crippen LogP contribution in [0, 0.1) is 12.8 Å². The summed E-state index contributed by atoms with van der Waals surface area (Å²) in [6.07, 6.45) is 1.26. The SMILES string of the molecule is Cc1nn(C)c(N2CC(C)CC2C)c1CN. The van der Waals surface area contributed by atoms with Gasteiger partial charge in [0.05, 0.1) is 5.69 Å². The number of nitrogens with zero attached hydrogens (tertiary/aromatic N) is 3. The Kier molecular flexibility index (Phi) is 2.93. The molecule has 2 atom stereocenters. The van der Waals surface area contributed by atoms with Crippen molar-refractivity contribution in [1.82, 2.24) is 9.78 Å². The molecule has 1 aromatic heterocycles. The molecule has 16 heavy (non-hydrogen) atoms. The van der Waals surface area contributed by atoms with Gasteiger partial charge in [-0.25, -0.2) is 0 Å². The molecule has 4 nitrogen and oxygen atoms in total. The molecule has 2 heterocycles. The van der Waals surface area contributed by atoms with Crippen molar-refractivity contribution < 1.29 is 0 Å². The van der Waals surface area contributed by atoms with Gasteiger partial charge in [-0.3, -0.25) is 4.68 Å². The fourth-order valence-corrected chi connectivity index (χ4v) is 2.88. The molecule has 1 saturated heterocycles. The predicted molar refractivity (Wildman–Crippen MR) is 66.4 cm³/mol. The fraction of sp³-hybridized carbons (Fsp3) is 0.750. The zero-order chi connectivity index (χ0) is 11.9. The summed E-state index contributed by atoms with van der Waals surface area (Å²) < 4.78 is 1.98. The van der Waals surface area contributed by atoms with E-state index in [1.165, 1.54) is 17.8 Å². The maximum Gasteiger partial charge on any atom is 0.131 e. The maximum absolute atomic E-state index is 5.83. The van der Waals surface area contributed by atoms with Gasteiger partial charge in [0.1, 0.15) is 5.82 Å². The van der Waals surface area contributed by atoms with Crippen LogP contribution >= 0.6 is 0 Å². The highest BCUT2D eigenvalue weighted by Crippen LogP contribution is 2.31. The first-order chi connectivity index (χ1) is 7.54. The third kappa shape index (κ3) is 1.71. The molecule has 0 amide bonds. The molecule has 2 unspecified atom stereocenters. The van der Waals surface area contributed by atoms with E-state index in [9.17, 15) is 0 Å². The largest absolute Gasteiger partial charge is 0.354 e. The second kappa shape index (κ2) is 4.09. The van der Waals surface area contributed by atoms with Crippen LogP contribution in [-0.4, -0.2) is 22.4 Å². The molecule has 0 aromatic carbocycles. The van der Waals surface area contributed by atoms with Gasteiger partial charge in [-0.2, -0.15) is 5.10 Å². The van der Waals surface area contributed by atoms with Crippen LogP contribution in [0.2, 0.25) is 0 Å². The maximum atomic E-state index is 5.83. The average Bonchev–Trinajstić information content (AvgIpc) is 2.66. The molecule has 0 spiro atoms. The molecule has 1 aliphatic rings. The zero-order valence-electron chi connectivity index (χ0n) is 10.7. The van der Waals surface area contributed by atoms with Crippen molar-refractivity contribution in [3.8, 4) is 0 Å². The Morgan fingerprint density at radius 1 is 1.44 bits per heavy atom. The monoisotopic (exact) mass is 222 g/mol. The van der Waals surface area contributed by atoms with Gasteiger partial charge in [0.25, 0.3) is 0 Å². The Hall–Kier alpha value is -1.03. The second-order valence-corrected chi connectivity index (χ2v) is 5.06. The highest BCUT2D eigenvalue weighted by molar-refractivity contribution is 5.51. The van der Waals surface area contributed by atoms with Gasteiger partial charge in [0.2, 0.25) is 0 Å². The minimum absolute atomic E-state index is 0.576. The summed E-state index contributed by atoms with van der Waals surface area (Å²) in [6, 6.07) is 0.593. The molecule has 1 aliphatic heterocycles. The van der Waals surface area contributed by atoms with Crippen molar-refractivity contribution in [1.29, 1.82) is 0 Å². The van der Waals surface area contributed by atoms with Crippen molar-refractivity contribution in [2.24, 2.45) is 18.7 Å². The molecule has 0 bridgehead atoms. The Balaban J connectivity index is 2.39. The van der Waals surface area contributed by atoms with Gasteiger partial charge in [0, 0.05) is 31.7 Å². The summed E-state index contributed by atoms with van der Waals surface area (Å²) in [6.45, 7) is 8.32. The van der Waals surface area contributed by atoms with Gasteiger partial charge in [-0.05, 0) is 26.2 Å². The van der Waals surface area contributed by atoms with E-state index in [1.54, 1.807) is 0 Å². The summed E-state index contributed by atoms with van der Waals surface area (Å²) in [5, 5.41) is 4.48. The molecular weight excluding hydrogens is 200 g/mol.